The predicted octanol–water partition coefficient (Wildman–Crippen LogP) is 3.09. The minimum Gasteiger partial charge on any atom is -0.497 e. The first-order chi connectivity index (χ1) is 15.2. The summed E-state index contributed by atoms with van der Waals surface area (Å²) < 4.78 is 10.6. The van der Waals surface area contributed by atoms with E-state index in [-0.39, 0.29) is 5.91 Å². The lowest BCUT2D eigenvalue weighted by atomic mass is 10.0. The summed E-state index contributed by atoms with van der Waals surface area (Å²) in [6.45, 7) is 2.46. The average Bonchev–Trinajstić information content (AvgIpc) is 2.84. The van der Waals surface area contributed by atoms with Crippen LogP contribution < -0.4 is 10.2 Å². The van der Waals surface area contributed by atoms with Crippen LogP contribution in [0.2, 0.25) is 0 Å². The van der Waals surface area contributed by atoms with Crippen LogP contribution in [0.15, 0.2) is 60.0 Å². The van der Waals surface area contributed by atoms with E-state index in [2.05, 4.69) is 20.5 Å². The summed E-state index contributed by atoms with van der Waals surface area (Å²) >= 11 is 0. The lowest BCUT2D eigenvalue weighted by molar-refractivity contribution is -0.135. The van der Waals surface area contributed by atoms with Crippen LogP contribution in [0.5, 0.6) is 5.75 Å². The highest BCUT2D eigenvalue weighted by Gasteiger charge is 2.18. The lowest BCUT2D eigenvalue weighted by Gasteiger charge is -2.26. The van der Waals surface area contributed by atoms with E-state index in [9.17, 15) is 4.79 Å². The van der Waals surface area contributed by atoms with E-state index in [0.717, 1.165) is 27.9 Å². The molecule has 8 heteroatoms. The molecule has 0 unspecified atom stereocenters. The SMILES string of the molecule is COc1ccc(C(CCC(=O)N2CCOCC2)=NNc2ncnc3ccccc23)cc1. The molecule has 1 aliphatic heterocycles. The summed E-state index contributed by atoms with van der Waals surface area (Å²) in [5.41, 5.74) is 5.60. The molecule has 1 aliphatic rings. The Hall–Kier alpha value is -3.52. The summed E-state index contributed by atoms with van der Waals surface area (Å²) in [5.74, 6) is 1.50. The molecule has 1 N–H and O–H groups in total. The van der Waals surface area contributed by atoms with Crippen LogP contribution in [-0.2, 0) is 9.53 Å². The van der Waals surface area contributed by atoms with Gasteiger partial charge >= 0.3 is 0 Å². The highest BCUT2D eigenvalue weighted by atomic mass is 16.5. The number of aromatic nitrogens is 2. The number of nitrogens with zero attached hydrogens (tertiary/aromatic N) is 4. The number of carbonyl (C=O) groups excluding carboxylic acids is 1. The second-order valence-electron chi connectivity index (χ2n) is 7.13. The number of anilines is 1. The van der Waals surface area contributed by atoms with Gasteiger partial charge in [0.2, 0.25) is 5.91 Å². The molecule has 0 atom stereocenters. The number of nitrogens with one attached hydrogen (secondary N) is 1. The third kappa shape index (κ3) is 5.16. The Morgan fingerprint density at radius 2 is 1.87 bits per heavy atom. The highest BCUT2D eigenvalue weighted by Crippen LogP contribution is 2.20. The Morgan fingerprint density at radius 1 is 1.10 bits per heavy atom. The summed E-state index contributed by atoms with van der Waals surface area (Å²) in [6, 6.07) is 15.4. The number of rotatable bonds is 7. The van der Waals surface area contributed by atoms with E-state index in [4.69, 9.17) is 9.47 Å². The van der Waals surface area contributed by atoms with Gasteiger partial charge in [-0.25, -0.2) is 9.97 Å². The van der Waals surface area contributed by atoms with E-state index >= 15 is 0 Å². The van der Waals surface area contributed by atoms with Gasteiger partial charge in [0.1, 0.15) is 12.1 Å². The second-order valence-corrected chi connectivity index (χ2v) is 7.13. The number of morpholine rings is 1. The lowest BCUT2D eigenvalue weighted by Crippen LogP contribution is -2.40. The van der Waals surface area contributed by atoms with Crippen molar-refractivity contribution in [2.45, 2.75) is 12.8 Å². The summed E-state index contributed by atoms with van der Waals surface area (Å²) in [5, 5.41) is 5.51. The van der Waals surface area contributed by atoms with E-state index < -0.39 is 0 Å². The summed E-state index contributed by atoms with van der Waals surface area (Å²) in [6.07, 6.45) is 2.38. The topological polar surface area (TPSA) is 88.9 Å². The number of amides is 1. The van der Waals surface area contributed by atoms with Crippen molar-refractivity contribution in [1.82, 2.24) is 14.9 Å². The number of hydrazone groups is 1. The van der Waals surface area contributed by atoms with Crippen molar-refractivity contribution < 1.29 is 14.3 Å². The number of methoxy groups -OCH3 is 1. The number of carbonyl (C=O) groups is 1. The number of hydrogen-bond donors (Lipinski definition) is 1. The molecule has 8 nitrogen and oxygen atoms in total. The van der Waals surface area contributed by atoms with Gasteiger partial charge in [-0.2, -0.15) is 5.10 Å². The molecule has 31 heavy (non-hydrogen) atoms. The van der Waals surface area contributed by atoms with Gasteiger partial charge < -0.3 is 14.4 Å². The van der Waals surface area contributed by atoms with Gasteiger partial charge in [-0.3, -0.25) is 10.2 Å². The van der Waals surface area contributed by atoms with Crippen molar-refractivity contribution in [3.63, 3.8) is 0 Å². The average molecular weight is 419 g/mol. The van der Waals surface area contributed by atoms with E-state index in [0.29, 0.717) is 45.0 Å². The first-order valence-corrected chi connectivity index (χ1v) is 10.3. The molecular weight excluding hydrogens is 394 g/mol. The maximum absolute atomic E-state index is 12.6. The van der Waals surface area contributed by atoms with Crippen LogP contribution in [0.25, 0.3) is 10.9 Å². The Kier molecular flexibility index (Phi) is 6.68. The number of fused-ring (bicyclic) bond motifs is 1. The molecule has 1 amide bonds. The molecule has 2 heterocycles. The van der Waals surface area contributed by atoms with Crippen molar-refractivity contribution in [2.24, 2.45) is 5.10 Å². The molecule has 160 valence electrons. The van der Waals surface area contributed by atoms with Crippen LogP contribution in [-0.4, -0.2) is 59.9 Å². The Morgan fingerprint density at radius 3 is 2.65 bits per heavy atom. The van der Waals surface area contributed by atoms with Crippen LogP contribution >= 0.6 is 0 Å². The number of benzene rings is 2. The van der Waals surface area contributed by atoms with Crippen LogP contribution in [0, 0.1) is 0 Å². The first-order valence-electron chi connectivity index (χ1n) is 10.3. The fraction of sp³-hybridized carbons (Fsp3) is 0.304. The Labute approximate surface area is 180 Å². The molecular formula is C23H25N5O3. The normalized spacial score (nSPS) is 14.5. The van der Waals surface area contributed by atoms with E-state index in [1.54, 1.807) is 7.11 Å². The van der Waals surface area contributed by atoms with Gasteiger partial charge in [-0.15, -0.1) is 0 Å². The zero-order chi connectivity index (χ0) is 21.5. The number of para-hydroxylation sites is 1. The van der Waals surface area contributed by atoms with Crippen LogP contribution in [0.1, 0.15) is 18.4 Å². The molecule has 1 fully saturated rings. The predicted molar refractivity (Wildman–Crippen MR) is 119 cm³/mol. The molecule has 4 rings (SSSR count). The highest BCUT2D eigenvalue weighted by molar-refractivity contribution is 6.03. The smallest absolute Gasteiger partial charge is 0.223 e. The molecule has 1 saturated heterocycles. The number of hydrogen-bond acceptors (Lipinski definition) is 7. The fourth-order valence-electron chi connectivity index (χ4n) is 3.46. The molecule has 0 saturated carbocycles. The van der Waals surface area contributed by atoms with Crippen molar-refractivity contribution in [1.29, 1.82) is 0 Å². The van der Waals surface area contributed by atoms with Crippen molar-refractivity contribution in [3.05, 3.63) is 60.4 Å². The van der Waals surface area contributed by atoms with Crippen molar-refractivity contribution in [2.75, 3.05) is 38.8 Å². The monoisotopic (exact) mass is 419 g/mol. The van der Waals surface area contributed by atoms with E-state index in [1.165, 1.54) is 6.33 Å². The van der Waals surface area contributed by atoms with Gasteiger partial charge in [0.15, 0.2) is 5.82 Å². The molecule has 3 aromatic rings. The summed E-state index contributed by atoms with van der Waals surface area (Å²) in [4.78, 5) is 23.1. The maximum Gasteiger partial charge on any atom is 0.223 e. The zero-order valence-corrected chi connectivity index (χ0v) is 17.5. The van der Waals surface area contributed by atoms with E-state index in [1.807, 2.05) is 53.4 Å². The molecule has 0 spiro atoms. The number of ether oxygens (including phenoxy) is 2. The molecule has 0 aliphatic carbocycles. The van der Waals surface area contributed by atoms with Crippen LogP contribution in [0.3, 0.4) is 0 Å². The molecule has 0 bridgehead atoms. The maximum atomic E-state index is 12.6. The Balaban J connectivity index is 1.55. The van der Waals surface area contributed by atoms with Crippen molar-refractivity contribution >= 4 is 28.3 Å². The minimum atomic E-state index is 0.108. The largest absolute Gasteiger partial charge is 0.497 e. The third-order valence-electron chi connectivity index (χ3n) is 5.20. The molecule has 2 aromatic carbocycles. The van der Waals surface area contributed by atoms with Gasteiger partial charge in [0.25, 0.3) is 0 Å². The van der Waals surface area contributed by atoms with Gasteiger partial charge in [0, 0.05) is 31.3 Å². The van der Waals surface area contributed by atoms with Crippen LogP contribution in [0.4, 0.5) is 5.82 Å². The Bertz CT molecular complexity index is 1060. The second kappa shape index (κ2) is 9.99. The quantitative estimate of drug-likeness (QED) is 0.468. The molecule has 0 radical (unpaired) electrons. The van der Waals surface area contributed by atoms with Crippen molar-refractivity contribution in [3.8, 4) is 5.75 Å². The minimum absolute atomic E-state index is 0.108. The van der Waals surface area contributed by atoms with Gasteiger partial charge in [0.05, 0.1) is 31.6 Å². The zero-order valence-electron chi connectivity index (χ0n) is 17.5. The standard InChI is InChI=1S/C23H25N5O3/c1-30-18-8-6-17(7-9-18)20(10-11-22(29)28-12-14-31-15-13-28)26-27-23-19-4-2-3-5-21(19)24-16-25-23/h2-9,16H,10-15H2,1H3,(H,24,25,27). The summed E-state index contributed by atoms with van der Waals surface area (Å²) in [7, 11) is 1.63. The molecule has 1 aromatic heterocycles. The third-order valence-corrected chi connectivity index (χ3v) is 5.20. The first kappa shape index (κ1) is 20.7. The fourth-order valence-corrected chi connectivity index (χ4v) is 3.46. The van der Waals surface area contributed by atoms with Gasteiger partial charge in [-0.1, -0.05) is 12.1 Å². The van der Waals surface area contributed by atoms with Gasteiger partial charge in [-0.05, 0) is 42.0 Å².